The van der Waals surface area contributed by atoms with Gasteiger partial charge in [-0.2, -0.15) is 0 Å². The lowest BCUT2D eigenvalue weighted by atomic mass is 10.2. The van der Waals surface area contributed by atoms with Crippen LogP contribution in [-0.2, 0) is 0 Å². The van der Waals surface area contributed by atoms with E-state index in [0.29, 0.717) is 0 Å². The molecule has 0 saturated heterocycles. The van der Waals surface area contributed by atoms with E-state index in [2.05, 4.69) is 0 Å². The molecule has 0 amide bonds. The SMILES string of the molecule is CC(Cl)C(Cl)(Cl)C(C)(O)Cl. The van der Waals surface area contributed by atoms with Crippen molar-refractivity contribution in [1.82, 2.24) is 0 Å². The van der Waals surface area contributed by atoms with Gasteiger partial charge in [0.15, 0.2) is 9.39 Å². The van der Waals surface area contributed by atoms with Gasteiger partial charge in [0.1, 0.15) is 0 Å². The minimum absolute atomic E-state index is 0.622. The molecule has 0 aromatic carbocycles. The van der Waals surface area contributed by atoms with Crippen LogP contribution < -0.4 is 0 Å². The molecular weight excluding hydrogens is 218 g/mol. The van der Waals surface area contributed by atoms with E-state index in [1.165, 1.54) is 6.92 Å². The summed E-state index contributed by atoms with van der Waals surface area (Å²) in [6, 6.07) is 0. The second kappa shape index (κ2) is 3.24. The monoisotopic (exact) mass is 224 g/mol. The zero-order valence-corrected chi connectivity index (χ0v) is 8.56. The second-order valence-electron chi connectivity index (χ2n) is 2.19. The van der Waals surface area contributed by atoms with E-state index in [1.54, 1.807) is 6.92 Å². The molecule has 0 aliphatic rings. The van der Waals surface area contributed by atoms with E-state index < -0.39 is 14.8 Å². The first kappa shape index (κ1) is 11.1. The van der Waals surface area contributed by atoms with Gasteiger partial charge in [-0.05, 0) is 13.8 Å². The number of aliphatic hydroxyl groups is 1. The van der Waals surface area contributed by atoms with Gasteiger partial charge in [-0.3, -0.25) is 0 Å². The molecule has 0 aromatic heterocycles. The highest BCUT2D eigenvalue weighted by Gasteiger charge is 2.46. The Balaban J connectivity index is 4.40. The van der Waals surface area contributed by atoms with Gasteiger partial charge in [-0.1, -0.05) is 34.8 Å². The van der Waals surface area contributed by atoms with Crippen LogP contribution in [0, 0.1) is 0 Å². The molecule has 2 atom stereocenters. The van der Waals surface area contributed by atoms with Crippen LogP contribution in [0.4, 0.5) is 0 Å². The molecule has 62 valence electrons. The number of alkyl halides is 4. The van der Waals surface area contributed by atoms with Crippen molar-refractivity contribution in [3.8, 4) is 0 Å². The molecule has 0 rings (SSSR count). The van der Waals surface area contributed by atoms with Gasteiger partial charge in [0, 0.05) is 0 Å². The van der Waals surface area contributed by atoms with Crippen LogP contribution in [0.5, 0.6) is 0 Å². The fourth-order valence-electron chi connectivity index (χ4n) is 0.363. The molecule has 0 radical (unpaired) electrons. The average Bonchev–Trinajstić information content (AvgIpc) is 1.62. The molecule has 0 aliphatic heterocycles. The highest BCUT2D eigenvalue weighted by Crippen LogP contribution is 2.41. The van der Waals surface area contributed by atoms with Crippen LogP contribution in [0.2, 0.25) is 0 Å². The van der Waals surface area contributed by atoms with Crippen LogP contribution in [0.25, 0.3) is 0 Å². The van der Waals surface area contributed by atoms with E-state index in [9.17, 15) is 0 Å². The van der Waals surface area contributed by atoms with Crippen molar-refractivity contribution in [2.45, 2.75) is 28.6 Å². The highest BCUT2D eigenvalue weighted by molar-refractivity contribution is 6.56. The Labute approximate surface area is 80.2 Å². The minimum atomic E-state index is -1.71. The summed E-state index contributed by atoms with van der Waals surface area (Å²) in [5, 5.41) is 6.80. The standard InChI is InChI=1S/C5H8Cl4O/c1-3(6)5(8,9)4(2,7)10/h3,10H,1-2H3. The van der Waals surface area contributed by atoms with Gasteiger partial charge in [-0.15, -0.1) is 11.6 Å². The van der Waals surface area contributed by atoms with E-state index in [-0.39, 0.29) is 0 Å². The minimum Gasteiger partial charge on any atom is -0.372 e. The predicted octanol–water partition coefficient (Wildman–Crippen LogP) is 2.73. The number of hydrogen-bond acceptors (Lipinski definition) is 1. The largest absolute Gasteiger partial charge is 0.372 e. The number of rotatable bonds is 2. The number of hydrogen-bond donors (Lipinski definition) is 1. The summed E-state index contributed by atoms with van der Waals surface area (Å²) in [7, 11) is 0. The summed E-state index contributed by atoms with van der Waals surface area (Å²) in [6.07, 6.45) is 0. The van der Waals surface area contributed by atoms with Crippen molar-refractivity contribution in [3.05, 3.63) is 0 Å². The van der Waals surface area contributed by atoms with Gasteiger partial charge < -0.3 is 5.11 Å². The summed E-state index contributed by atoms with van der Waals surface area (Å²) in [6.45, 7) is 2.84. The molecule has 0 bridgehead atoms. The molecule has 0 fully saturated rings. The van der Waals surface area contributed by atoms with Crippen molar-refractivity contribution < 1.29 is 5.11 Å². The van der Waals surface area contributed by atoms with E-state index in [0.717, 1.165) is 0 Å². The Bertz CT molecular complexity index is 115. The third-order valence-corrected chi connectivity index (χ3v) is 3.54. The quantitative estimate of drug-likeness (QED) is 0.717. The van der Waals surface area contributed by atoms with Crippen LogP contribution in [0.3, 0.4) is 0 Å². The van der Waals surface area contributed by atoms with Gasteiger partial charge in [0.2, 0.25) is 0 Å². The fraction of sp³-hybridized carbons (Fsp3) is 1.00. The Hall–Kier alpha value is 1.12. The lowest BCUT2D eigenvalue weighted by molar-refractivity contribution is 0.129. The van der Waals surface area contributed by atoms with Crippen LogP contribution >= 0.6 is 46.4 Å². The third kappa shape index (κ3) is 2.31. The summed E-state index contributed by atoms with van der Waals surface area (Å²) in [5.74, 6) is 0. The first-order chi connectivity index (χ1) is 4.19. The molecule has 0 saturated carbocycles. The van der Waals surface area contributed by atoms with Crippen molar-refractivity contribution >= 4 is 46.4 Å². The fourth-order valence-corrected chi connectivity index (χ4v) is 0.795. The number of halogens is 4. The molecule has 0 heterocycles. The molecule has 0 spiro atoms. The second-order valence-corrected chi connectivity index (χ2v) is 4.97. The summed E-state index contributed by atoms with van der Waals surface area (Å²) in [5.41, 5.74) is 0. The topological polar surface area (TPSA) is 20.2 Å². The molecule has 10 heavy (non-hydrogen) atoms. The predicted molar refractivity (Wildman–Crippen MR) is 46.2 cm³/mol. The van der Waals surface area contributed by atoms with Crippen molar-refractivity contribution in [2.24, 2.45) is 0 Å². The lowest BCUT2D eigenvalue weighted by Gasteiger charge is -2.31. The summed E-state index contributed by atoms with van der Waals surface area (Å²) in [4.78, 5) is 0. The third-order valence-electron chi connectivity index (χ3n) is 1.11. The molecule has 2 unspecified atom stereocenters. The van der Waals surface area contributed by atoms with Crippen LogP contribution in [-0.4, -0.2) is 19.9 Å². The summed E-state index contributed by atoms with van der Waals surface area (Å²) < 4.78 is -1.53. The first-order valence-electron chi connectivity index (χ1n) is 2.62. The highest BCUT2D eigenvalue weighted by atomic mass is 35.5. The Morgan fingerprint density at radius 3 is 1.60 bits per heavy atom. The zero-order valence-electron chi connectivity index (χ0n) is 5.54. The van der Waals surface area contributed by atoms with Gasteiger partial charge in [0.25, 0.3) is 0 Å². The Morgan fingerprint density at radius 2 is 1.60 bits per heavy atom. The molecule has 1 N–H and O–H groups in total. The van der Waals surface area contributed by atoms with Gasteiger partial charge >= 0.3 is 0 Å². The van der Waals surface area contributed by atoms with Crippen molar-refractivity contribution in [2.75, 3.05) is 0 Å². The van der Waals surface area contributed by atoms with E-state index >= 15 is 0 Å². The molecule has 5 heteroatoms. The normalized spacial score (nSPS) is 21.9. The van der Waals surface area contributed by atoms with Crippen LogP contribution in [0.1, 0.15) is 13.8 Å². The molecule has 0 aliphatic carbocycles. The maximum atomic E-state index is 9.13. The van der Waals surface area contributed by atoms with Gasteiger partial charge in [0.05, 0.1) is 5.38 Å². The van der Waals surface area contributed by atoms with Crippen molar-refractivity contribution in [3.63, 3.8) is 0 Å². The first-order valence-corrected chi connectivity index (χ1v) is 4.20. The Kier molecular flexibility index (Phi) is 3.60. The Morgan fingerprint density at radius 1 is 1.30 bits per heavy atom. The van der Waals surface area contributed by atoms with Gasteiger partial charge in [-0.25, -0.2) is 0 Å². The average molecular weight is 226 g/mol. The van der Waals surface area contributed by atoms with E-state index in [1.807, 2.05) is 0 Å². The molecular formula is C5H8Cl4O. The molecule has 1 nitrogen and oxygen atoms in total. The van der Waals surface area contributed by atoms with Crippen LogP contribution in [0.15, 0.2) is 0 Å². The maximum Gasteiger partial charge on any atom is 0.176 e. The smallest absolute Gasteiger partial charge is 0.176 e. The van der Waals surface area contributed by atoms with Crippen molar-refractivity contribution in [1.29, 1.82) is 0 Å². The molecule has 0 aromatic rings. The summed E-state index contributed by atoms with van der Waals surface area (Å²) >= 11 is 22.2. The van der Waals surface area contributed by atoms with E-state index in [4.69, 9.17) is 51.5 Å². The maximum absolute atomic E-state index is 9.13. The lowest BCUT2D eigenvalue weighted by Crippen LogP contribution is -2.44. The zero-order chi connectivity index (χ0) is 8.58.